The molecule has 0 fully saturated rings. The molecule has 0 saturated heterocycles. The van der Waals surface area contributed by atoms with Gasteiger partial charge in [0.25, 0.3) is 0 Å². The van der Waals surface area contributed by atoms with Crippen molar-refractivity contribution < 1.29 is 14.8 Å². The first-order valence-corrected chi connectivity index (χ1v) is 9.48. The summed E-state index contributed by atoms with van der Waals surface area (Å²) in [4.78, 5) is 9.47. The van der Waals surface area contributed by atoms with Gasteiger partial charge in [-0.3, -0.25) is 0 Å². The molecule has 3 nitrogen and oxygen atoms in total. The van der Waals surface area contributed by atoms with E-state index in [2.05, 4.69) is 16.8 Å². The fourth-order valence-electron chi connectivity index (χ4n) is 2.50. The second-order valence-electron chi connectivity index (χ2n) is 6.05. The lowest BCUT2D eigenvalue weighted by Crippen LogP contribution is -1.95. The molecule has 0 bridgehead atoms. The fourth-order valence-corrected chi connectivity index (χ4v) is 2.50. The van der Waals surface area contributed by atoms with Crippen molar-refractivity contribution in [2.24, 2.45) is 0 Å². The zero-order valence-electron chi connectivity index (χ0n) is 15.0. The molecule has 0 aliphatic heterocycles. The van der Waals surface area contributed by atoms with Crippen LogP contribution in [0, 0.1) is 0 Å². The Morgan fingerprint density at radius 2 is 1.09 bits per heavy atom. The first-order chi connectivity index (χ1) is 10.9. The van der Waals surface area contributed by atoms with Gasteiger partial charge in [-0.1, -0.05) is 90.4 Å². The van der Waals surface area contributed by atoms with Crippen LogP contribution in [0.1, 0.15) is 104 Å². The maximum atomic E-state index is 4.87. The van der Waals surface area contributed by atoms with Crippen LogP contribution in [0.2, 0.25) is 0 Å². The lowest BCUT2D eigenvalue weighted by atomic mass is 10.0. The van der Waals surface area contributed by atoms with Gasteiger partial charge in [0.05, 0.1) is 6.61 Å². The standard InChI is InChI=1S/C19H38O3/c1-3-5-6-7-8-9-10-11-12-13-14-15-16-17-19-21-22-20-18-4-2/h4,18H,3,5-17,19H2,1-2H3. The van der Waals surface area contributed by atoms with Gasteiger partial charge in [0.15, 0.2) is 0 Å². The zero-order chi connectivity index (χ0) is 16.1. The van der Waals surface area contributed by atoms with Crippen LogP contribution in [0.5, 0.6) is 0 Å². The Kier molecular flexibility index (Phi) is 20.0. The molecule has 0 amide bonds. The van der Waals surface area contributed by atoms with Crippen LogP contribution in [0.25, 0.3) is 0 Å². The summed E-state index contributed by atoms with van der Waals surface area (Å²) in [6.07, 6.45) is 22.3. The highest BCUT2D eigenvalue weighted by Crippen LogP contribution is 2.12. The monoisotopic (exact) mass is 314 g/mol. The Bertz CT molecular complexity index is 217. The Balaban J connectivity index is 2.94. The van der Waals surface area contributed by atoms with E-state index < -0.39 is 0 Å². The quantitative estimate of drug-likeness (QED) is 0.119. The molecule has 0 aliphatic rings. The SMILES string of the molecule is CC=COOOCCCCCCCCCCCCCCCC. The summed E-state index contributed by atoms with van der Waals surface area (Å²) in [6, 6.07) is 0. The molecular formula is C19H38O3. The average Bonchev–Trinajstić information content (AvgIpc) is 2.54. The summed E-state index contributed by atoms with van der Waals surface area (Å²) in [5, 5.41) is 4.50. The molecule has 3 heteroatoms. The van der Waals surface area contributed by atoms with Gasteiger partial charge >= 0.3 is 0 Å². The molecule has 0 spiro atoms. The van der Waals surface area contributed by atoms with Crippen LogP contribution in [-0.2, 0) is 14.8 Å². The Hall–Kier alpha value is -0.540. The van der Waals surface area contributed by atoms with Crippen molar-refractivity contribution in [2.75, 3.05) is 6.61 Å². The van der Waals surface area contributed by atoms with Crippen LogP contribution >= 0.6 is 0 Å². The van der Waals surface area contributed by atoms with E-state index in [0.717, 1.165) is 6.42 Å². The molecule has 0 N–H and O–H groups in total. The molecule has 0 unspecified atom stereocenters. The van der Waals surface area contributed by atoms with Crippen LogP contribution in [0.4, 0.5) is 0 Å². The van der Waals surface area contributed by atoms with Crippen molar-refractivity contribution in [3.8, 4) is 0 Å². The number of rotatable bonds is 18. The summed E-state index contributed by atoms with van der Waals surface area (Å²) < 4.78 is 0. The second-order valence-corrected chi connectivity index (χ2v) is 6.05. The van der Waals surface area contributed by atoms with E-state index in [4.69, 9.17) is 4.89 Å². The summed E-state index contributed by atoms with van der Waals surface area (Å²) >= 11 is 0. The van der Waals surface area contributed by atoms with Gasteiger partial charge in [0.2, 0.25) is 0 Å². The van der Waals surface area contributed by atoms with Gasteiger partial charge in [-0.15, -0.1) is 0 Å². The van der Waals surface area contributed by atoms with E-state index in [9.17, 15) is 0 Å². The van der Waals surface area contributed by atoms with Crippen molar-refractivity contribution in [1.29, 1.82) is 0 Å². The molecule has 0 aromatic carbocycles. The second kappa shape index (κ2) is 20.5. The molecule has 0 rings (SSSR count). The Morgan fingerprint density at radius 1 is 0.636 bits per heavy atom. The smallest absolute Gasteiger partial charge is 0.128 e. The molecule has 0 aliphatic carbocycles. The van der Waals surface area contributed by atoms with Crippen LogP contribution in [-0.4, -0.2) is 6.61 Å². The van der Waals surface area contributed by atoms with Crippen molar-refractivity contribution in [2.45, 2.75) is 104 Å². The summed E-state index contributed by atoms with van der Waals surface area (Å²) in [6.45, 7) is 4.74. The van der Waals surface area contributed by atoms with E-state index in [1.54, 1.807) is 6.08 Å². The minimum absolute atomic E-state index is 0.607. The predicted molar refractivity (Wildman–Crippen MR) is 93.2 cm³/mol. The maximum Gasteiger partial charge on any atom is 0.128 e. The lowest BCUT2D eigenvalue weighted by molar-refractivity contribution is -0.490. The van der Waals surface area contributed by atoms with Gasteiger partial charge in [-0.25, -0.2) is 0 Å². The number of hydrogen-bond acceptors (Lipinski definition) is 3. The molecule has 132 valence electrons. The van der Waals surface area contributed by atoms with Crippen LogP contribution < -0.4 is 0 Å². The summed E-state index contributed by atoms with van der Waals surface area (Å²) in [7, 11) is 0. The van der Waals surface area contributed by atoms with Crippen LogP contribution in [0.15, 0.2) is 12.3 Å². The fraction of sp³-hybridized carbons (Fsp3) is 0.895. The molecule has 0 saturated carbocycles. The van der Waals surface area contributed by atoms with E-state index in [0.29, 0.717) is 6.61 Å². The molecule has 0 aromatic heterocycles. The largest absolute Gasteiger partial charge is 0.317 e. The van der Waals surface area contributed by atoms with Gasteiger partial charge in [0.1, 0.15) is 6.26 Å². The summed E-state index contributed by atoms with van der Waals surface area (Å²) in [5.74, 6) is 0. The minimum atomic E-state index is 0.607. The Morgan fingerprint density at radius 3 is 1.55 bits per heavy atom. The van der Waals surface area contributed by atoms with Gasteiger partial charge in [-0.05, 0) is 24.5 Å². The van der Waals surface area contributed by atoms with E-state index in [1.165, 1.54) is 89.7 Å². The van der Waals surface area contributed by atoms with E-state index in [1.807, 2.05) is 6.92 Å². The normalized spacial score (nSPS) is 11.4. The molecular weight excluding hydrogens is 276 g/mol. The van der Waals surface area contributed by atoms with Gasteiger partial charge in [0, 0.05) is 0 Å². The minimum Gasteiger partial charge on any atom is -0.317 e. The molecule has 0 radical (unpaired) electrons. The number of hydrogen-bond donors (Lipinski definition) is 0. The molecule has 0 aromatic rings. The van der Waals surface area contributed by atoms with E-state index >= 15 is 0 Å². The first-order valence-electron chi connectivity index (χ1n) is 9.48. The maximum absolute atomic E-state index is 4.87. The van der Waals surface area contributed by atoms with Crippen molar-refractivity contribution >= 4 is 0 Å². The van der Waals surface area contributed by atoms with Crippen LogP contribution in [0.3, 0.4) is 0 Å². The topological polar surface area (TPSA) is 27.7 Å². The first kappa shape index (κ1) is 21.5. The van der Waals surface area contributed by atoms with Crippen molar-refractivity contribution in [3.05, 3.63) is 12.3 Å². The van der Waals surface area contributed by atoms with Crippen molar-refractivity contribution in [3.63, 3.8) is 0 Å². The summed E-state index contributed by atoms with van der Waals surface area (Å²) in [5.41, 5.74) is 0. The number of unbranched alkanes of at least 4 members (excludes halogenated alkanes) is 13. The zero-order valence-corrected chi connectivity index (χ0v) is 15.0. The predicted octanol–water partition coefficient (Wildman–Crippen LogP) is 6.88. The van der Waals surface area contributed by atoms with Crippen molar-refractivity contribution in [1.82, 2.24) is 0 Å². The third-order valence-electron chi connectivity index (χ3n) is 3.86. The third kappa shape index (κ3) is 19.5. The highest BCUT2D eigenvalue weighted by Gasteiger charge is 1.94. The third-order valence-corrected chi connectivity index (χ3v) is 3.86. The Labute approximate surface area is 138 Å². The number of allylic oxidation sites excluding steroid dienone is 1. The van der Waals surface area contributed by atoms with Gasteiger partial charge < -0.3 is 4.89 Å². The highest BCUT2D eigenvalue weighted by molar-refractivity contribution is 4.62. The highest BCUT2D eigenvalue weighted by atomic mass is 17.5. The molecule has 22 heavy (non-hydrogen) atoms. The average molecular weight is 315 g/mol. The lowest BCUT2D eigenvalue weighted by Gasteiger charge is -2.03. The van der Waals surface area contributed by atoms with Gasteiger partial charge in [-0.2, -0.15) is 4.89 Å². The van der Waals surface area contributed by atoms with E-state index in [-0.39, 0.29) is 0 Å². The molecule has 0 heterocycles. The molecule has 0 atom stereocenters.